The van der Waals surface area contributed by atoms with Gasteiger partial charge in [0.1, 0.15) is 17.0 Å². The zero-order valence-corrected chi connectivity index (χ0v) is 17.5. The Bertz CT molecular complexity index is 1290. The van der Waals surface area contributed by atoms with Gasteiger partial charge in [0.25, 0.3) is 5.91 Å². The fraction of sp³-hybridized carbons (Fsp3) is 0.0870. The van der Waals surface area contributed by atoms with E-state index in [1.54, 1.807) is 12.1 Å². The zero-order valence-electron chi connectivity index (χ0n) is 15.9. The molecule has 6 heteroatoms. The fourth-order valence-corrected chi connectivity index (χ4v) is 3.34. The van der Waals surface area contributed by atoms with Crippen molar-refractivity contribution >= 4 is 44.3 Å². The van der Waals surface area contributed by atoms with E-state index in [1.165, 1.54) is 0 Å². The van der Waals surface area contributed by atoms with Gasteiger partial charge in [-0.05, 0) is 67.9 Å². The Morgan fingerprint density at radius 2 is 1.86 bits per heavy atom. The van der Waals surface area contributed by atoms with Crippen LogP contribution in [0.3, 0.4) is 0 Å². The van der Waals surface area contributed by atoms with Gasteiger partial charge in [-0.15, -0.1) is 0 Å². The predicted octanol–water partition coefficient (Wildman–Crippen LogP) is 5.69. The Morgan fingerprint density at radius 3 is 2.66 bits per heavy atom. The monoisotopic (exact) mass is 447 g/mol. The van der Waals surface area contributed by atoms with Gasteiger partial charge in [-0.3, -0.25) is 4.79 Å². The average molecular weight is 448 g/mol. The standard InChI is InChI=1S/C23H18BrN3O2/c1-14-5-3-7-18(11-14)26-23-19(13-16-12-17(24)9-10-20(16)29-23)22(28)27-21-8-4-6-15(2)25-21/h3-13H,1-2H3,(H,25,27,28). The lowest BCUT2D eigenvalue weighted by Crippen LogP contribution is -2.22. The number of fused-ring (bicyclic) bond motifs is 1. The molecule has 1 N–H and O–H groups in total. The Balaban J connectivity index is 1.86. The maximum absolute atomic E-state index is 13.0. The number of carbonyl (C=O) groups is 1. The molecule has 0 saturated carbocycles. The number of rotatable bonds is 3. The lowest BCUT2D eigenvalue weighted by atomic mass is 10.1. The molecule has 0 bridgehead atoms. The first kappa shape index (κ1) is 19.1. The van der Waals surface area contributed by atoms with Gasteiger partial charge in [0.05, 0.1) is 5.69 Å². The van der Waals surface area contributed by atoms with Crippen molar-refractivity contribution in [2.75, 3.05) is 5.32 Å². The van der Waals surface area contributed by atoms with E-state index < -0.39 is 0 Å². The van der Waals surface area contributed by atoms with Crippen molar-refractivity contribution in [1.29, 1.82) is 0 Å². The molecule has 0 radical (unpaired) electrons. The van der Waals surface area contributed by atoms with E-state index in [4.69, 9.17) is 4.42 Å². The van der Waals surface area contributed by atoms with E-state index >= 15 is 0 Å². The third kappa shape index (κ3) is 4.43. The van der Waals surface area contributed by atoms with Crippen LogP contribution in [0.4, 0.5) is 11.5 Å². The zero-order chi connectivity index (χ0) is 20.4. The van der Waals surface area contributed by atoms with Crippen LogP contribution in [-0.2, 0) is 0 Å². The molecule has 5 nitrogen and oxygen atoms in total. The van der Waals surface area contributed by atoms with Gasteiger partial charge in [0, 0.05) is 15.6 Å². The maximum Gasteiger partial charge on any atom is 0.262 e. The number of carbonyl (C=O) groups excluding carboxylic acids is 1. The summed E-state index contributed by atoms with van der Waals surface area (Å²) >= 11 is 3.46. The molecule has 2 heterocycles. The summed E-state index contributed by atoms with van der Waals surface area (Å²) < 4.78 is 6.90. The molecule has 2 aromatic heterocycles. The van der Waals surface area contributed by atoms with E-state index in [-0.39, 0.29) is 11.5 Å². The first-order valence-electron chi connectivity index (χ1n) is 9.08. The molecular weight excluding hydrogens is 430 g/mol. The minimum absolute atomic E-state index is 0.246. The normalized spacial score (nSPS) is 11.6. The summed E-state index contributed by atoms with van der Waals surface area (Å²) in [5, 5.41) is 3.63. The predicted molar refractivity (Wildman–Crippen MR) is 117 cm³/mol. The Labute approximate surface area is 176 Å². The number of pyridine rings is 1. The van der Waals surface area contributed by atoms with Crippen LogP contribution in [-0.4, -0.2) is 10.9 Å². The van der Waals surface area contributed by atoms with Crippen LogP contribution >= 0.6 is 15.9 Å². The van der Waals surface area contributed by atoms with Crippen LogP contribution in [0.5, 0.6) is 0 Å². The molecule has 4 rings (SSSR count). The van der Waals surface area contributed by atoms with Crippen LogP contribution in [0, 0.1) is 13.8 Å². The molecule has 0 aliphatic rings. The molecule has 0 atom stereocenters. The van der Waals surface area contributed by atoms with E-state index in [1.807, 2.05) is 68.4 Å². The van der Waals surface area contributed by atoms with Crippen molar-refractivity contribution in [3.63, 3.8) is 0 Å². The van der Waals surface area contributed by atoms with Gasteiger partial charge < -0.3 is 9.73 Å². The molecule has 0 aliphatic carbocycles. The molecule has 2 aromatic carbocycles. The van der Waals surface area contributed by atoms with Crippen molar-refractivity contribution in [3.05, 3.63) is 93.6 Å². The molecule has 4 aromatic rings. The number of halogens is 1. The number of nitrogens with one attached hydrogen (secondary N) is 1. The number of aryl methyl sites for hydroxylation is 2. The van der Waals surface area contributed by atoms with Crippen molar-refractivity contribution in [2.45, 2.75) is 13.8 Å². The highest BCUT2D eigenvalue weighted by molar-refractivity contribution is 9.10. The second kappa shape index (κ2) is 8.01. The highest BCUT2D eigenvalue weighted by Crippen LogP contribution is 2.21. The molecule has 0 fully saturated rings. The van der Waals surface area contributed by atoms with Gasteiger partial charge in [0.15, 0.2) is 0 Å². The molecule has 0 aliphatic heterocycles. The summed E-state index contributed by atoms with van der Waals surface area (Å²) in [5.41, 5.74) is 3.83. The van der Waals surface area contributed by atoms with Crippen LogP contribution < -0.4 is 10.9 Å². The highest BCUT2D eigenvalue weighted by Gasteiger charge is 2.14. The van der Waals surface area contributed by atoms with Gasteiger partial charge in [-0.25, -0.2) is 9.98 Å². The van der Waals surface area contributed by atoms with Gasteiger partial charge in [-0.1, -0.05) is 34.1 Å². The molecule has 1 amide bonds. The fourth-order valence-electron chi connectivity index (χ4n) is 2.96. The number of hydrogen-bond donors (Lipinski definition) is 1. The van der Waals surface area contributed by atoms with Crippen molar-refractivity contribution in [3.8, 4) is 0 Å². The van der Waals surface area contributed by atoms with E-state index in [0.29, 0.717) is 22.7 Å². The summed E-state index contributed by atoms with van der Waals surface area (Å²) in [4.78, 5) is 22.0. The molecule has 0 spiro atoms. The third-order valence-electron chi connectivity index (χ3n) is 4.32. The topological polar surface area (TPSA) is 67.5 Å². The Hall–Kier alpha value is -3.25. The second-order valence-corrected chi connectivity index (χ2v) is 7.63. The van der Waals surface area contributed by atoms with Crippen LogP contribution in [0.15, 0.2) is 80.6 Å². The second-order valence-electron chi connectivity index (χ2n) is 6.72. The first-order chi connectivity index (χ1) is 14.0. The summed E-state index contributed by atoms with van der Waals surface area (Å²) in [6.07, 6.45) is 0. The number of nitrogens with zero attached hydrogens (tertiary/aromatic N) is 2. The van der Waals surface area contributed by atoms with Crippen molar-refractivity contribution in [2.24, 2.45) is 4.99 Å². The molecule has 0 saturated heterocycles. The van der Waals surface area contributed by atoms with Crippen LogP contribution in [0.1, 0.15) is 21.6 Å². The largest absolute Gasteiger partial charge is 0.438 e. The minimum atomic E-state index is -0.333. The molecular formula is C23H18BrN3O2. The lowest BCUT2D eigenvalue weighted by molar-refractivity contribution is 0.102. The quantitative estimate of drug-likeness (QED) is 0.438. The SMILES string of the molecule is Cc1cccc(N=c2oc3ccc(Br)cc3cc2C(=O)Nc2cccc(C)n2)c1. The number of amides is 1. The van der Waals surface area contributed by atoms with Crippen LogP contribution in [0.2, 0.25) is 0 Å². The smallest absolute Gasteiger partial charge is 0.262 e. The summed E-state index contributed by atoms with van der Waals surface area (Å²) in [7, 11) is 0. The summed E-state index contributed by atoms with van der Waals surface area (Å²) in [6, 6.07) is 20.6. The van der Waals surface area contributed by atoms with Crippen molar-refractivity contribution in [1.82, 2.24) is 4.98 Å². The summed E-state index contributed by atoms with van der Waals surface area (Å²) in [6.45, 7) is 3.86. The average Bonchev–Trinajstić information content (AvgIpc) is 2.67. The van der Waals surface area contributed by atoms with E-state index in [0.717, 1.165) is 21.1 Å². The Kier molecular flexibility index (Phi) is 5.27. The number of hydrogen-bond acceptors (Lipinski definition) is 4. The van der Waals surface area contributed by atoms with Gasteiger partial charge >= 0.3 is 0 Å². The minimum Gasteiger partial charge on any atom is -0.438 e. The molecule has 29 heavy (non-hydrogen) atoms. The number of aromatic nitrogens is 1. The number of benzene rings is 2. The third-order valence-corrected chi connectivity index (χ3v) is 4.81. The maximum atomic E-state index is 13.0. The van der Waals surface area contributed by atoms with Crippen LogP contribution in [0.25, 0.3) is 11.0 Å². The Morgan fingerprint density at radius 1 is 1.03 bits per heavy atom. The van der Waals surface area contributed by atoms with Gasteiger partial charge in [0.2, 0.25) is 5.55 Å². The van der Waals surface area contributed by atoms with Crippen molar-refractivity contribution < 1.29 is 9.21 Å². The highest BCUT2D eigenvalue weighted by atomic mass is 79.9. The first-order valence-corrected chi connectivity index (χ1v) is 9.87. The molecule has 144 valence electrons. The molecule has 0 unspecified atom stereocenters. The van der Waals surface area contributed by atoms with Gasteiger partial charge in [-0.2, -0.15) is 0 Å². The van der Waals surface area contributed by atoms with E-state index in [9.17, 15) is 4.79 Å². The lowest BCUT2D eigenvalue weighted by Gasteiger charge is -2.07. The number of anilines is 1. The summed E-state index contributed by atoms with van der Waals surface area (Å²) in [5.74, 6) is 0.144. The van der Waals surface area contributed by atoms with E-state index in [2.05, 4.69) is 31.2 Å².